The number of hydrogen-bond donors (Lipinski definition) is 1. The van der Waals surface area contributed by atoms with Gasteiger partial charge in [-0.15, -0.1) is 0 Å². The second kappa shape index (κ2) is 6.14. The number of aryl methyl sites for hydroxylation is 1. The fourth-order valence-electron chi connectivity index (χ4n) is 2.76. The van der Waals surface area contributed by atoms with Crippen LogP contribution in [0.5, 0.6) is 0 Å². The van der Waals surface area contributed by atoms with Crippen molar-refractivity contribution >= 4 is 21.6 Å². The minimum atomic E-state index is -3.71. The van der Waals surface area contributed by atoms with Crippen LogP contribution in [0.3, 0.4) is 0 Å². The Morgan fingerprint density at radius 1 is 1.04 bits per heavy atom. The number of para-hydroxylation sites is 1. The summed E-state index contributed by atoms with van der Waals surface area (Å²) in [5.41, 5.74) is 1.44. The summed E-state index contributed by atoms with van der Waals surface area (Å²) in [7, 11) is -3.71. The van der Waals surface area contributed by atoms with E-state index >= 15 is 0 Å². The number of anilines is 1. The first-order valence-electron chi connectivity index (χ1n) is 7.43. The molecule has 0 aromatic heterocycles. The molecule has 0 saturated carbocycles. The van der Waals surface area contributed by atoms with E-state index < -0.39 is 16.1 Å². The zero-order valence-electron chi connectivity index (χ0n) is 12.8. The first kappa shape index (κ1) is 15.7. The first-order chi connectivity index (χ1) is 11.0. The van der Waals surface area contributed by atoms with Gasteiger partial charge in [0.25, 0.3) is 0 Å². The average Bonchev–Trinajstić information content (AvgIpc) is 2.89. The van der Waals surface area contributed by atoms with Gasteiger partial charge in [0, 0.05) is 12.2 Å². The Kier molecular flexibility index (Phi) is 4.19. The zero-order valence-corrected chi connectivity index (χ0v) is 13.6. The molecule has 3 rings (SSSR count). The summed E-state index contributed by atoms with van der Waals surface area (Å²) >= 11 is 0. The van der Waals surface area contributed by atoms with Crippen LogP contribution in [0.2, 0.25) is 0 Å². The van der Waals surface area contributed by atoms with Gasteiger partial charge in [-0.2, -0.15) is 4.72 Å². The fraction of sp³-hybridized carbons (Fsp3) is 0.235. The number of sulfonamides is 1. The largest absolute Gasteiger partial charge is 0.311 e. The van der Waals surface area contributed by atoms with Crippen molar-refractivity contribution in [1.82, 2.24) is 4.72 Å². The van der Waals surface area contributed by atoms with Gasteiger partial charge in [-0.25, -0.2) is 8.42 Å². The quantitative estimate of drug-likeness (QED) is 0.933. The van der Waals surface area contributed by atoms with E-state index in [1.54, 1.807) is 36.1 Å². The molecule has 1 atom stereocenters. The van der Waals surface area contributed by atoms with Crippen LogP contribution < -0.4 is 9.62 Å². The Morgan fingerprint density at radius 3 is 2.39 bits per heavy atom. The van der Waals surface area contributed by atoms with Crippen LogP contribution in [-0.2, 0) is 14.8 Å². The van der Waals surface area contributed by atoms with Gasteiger partial charge >= 0.3 is 0 Å². The highest BCUT2D eigenvalue weighted by atomic mass is 32.2. The molecule has 6 heteroatoms. The molecule has 2 aromatic rings. The predicted molar refractivity (Wildman–Crippen MR) is 88.7 cm³/mol. The monoisotopic (exact) mass is 330 g/mol. The molecule has 1 fully saturated rings. The van der Waals surface area contributed by atoms with E-state index in [-0.39, 0.29) is 10.8 Å². The molecule has 1 saturated heterocycles. The van der Waals surface area contributed by atoms with Crippen molar-refractivity contribution in [3.63, 3.8) is 0 Å². The molecule has 0 spiro atoms. The van der Waals surface area contributed by atoms with Crippen LogP contribution in [0.4, 0.5) is 5.69 Å². The molecule has 1 aliphatic rings. The Morgan fingerprint density at radius 2 is 1.70 bits per heavy atom. The van der Waals surface area contributed by atoms with Crippen LogP contribution in [0.15, 0.2) is 59.5 Å². The number of amides is 1. The molecule has 0 bridgehead atoms. The van der Waals surface area contributed by atoms with Crippen molar-refractivity contribution in [2.24, 2.45) is 0 Å². The summed E-state index contributed by atoms with van der Waals surface area (Å²) in [6.45, 7) is 2.24. The van der Waals surface area contributed by atoms with Crippen molar-refractivity contribution < 1.29 is 13.2 Å². The number of nitrogens with one attached hydrogen (secondary N) is 1. The van der Waals surface area contributed by atoms with Gasteiger partial charge in [0.2, 0.25) is 15.9 Å². The lowest BCUT2D eigenvalue weighted by Gasteiger charge is -2.17. The van der Waals surface area contributed by atoms with Crippen LogP contribution in [0, 0.1) is 6.92 Å². The molecule has 1 aliphatic heterocycles. The molecule has 2 aromatic carbocycles. The van der Waals surface area contributed by atoms with Gasteiger partial charge in [0.15, 0.2) is 0 Å². The van der Waals surface area contributed by atoms with E-state index in [9.17, 15) is 13.2 Å². The minimum Gasteiger partial charge on any atom is -0.311 e. The number of nitrogens with zero attached hydrogens (tertiary/aromatic N) is 1. The van der Waals surface area contributed by atoms with Crippen molar-refractivity contribution in [3.05, 3.63) is 60.2 Å². The third kappa shape index (κ3) is 3.13. The van der Waals surface area contributed by atoms with Gasteiger partial charge in [0.05, 0.1) is 4.90 Å². The molecule has 0 unspecified atom stereocenters. The van der Waals surface area contributed by atoms with Crippen molar-refractivity contribution in [2.75, 3.05) is 11.4 Å². The van der Waals surface area contributed by atoms with Gasteiger partial charge in [-0.1, -0.05) is 36.4 Å². The maximum Gasteiger partial charge on any atom is 0.245 e. The highest BCUT2D eigenvalue weighted by Gasteiger charge is 2.35. The predicted octanol–water partition coefficient (Wildman–Crippen LogP) is 2.08. The summed E-state index contributed by atoms with van der Waals surface area (Å²) < 4.78 is 27.6. The molecule has 5 nitrogen and oxygen atoms in total. The molecular weight excluding hydrogens is 312 g/mol. The average molecular weight is 330 g/mol. The van der Waals surface area contributed by atoms with Gasteiger partial charge < -0.3 is 4.90 Å². The summed E-state index contributed by atoms with van der Waals surface area (Å²) in [5.74, 6) is -0.214. The molecule has 1 N–H and O–H groups in total. The van der Waals surface area contributed by atoms with Crippen molar-refractivity contribution in [2.45, 2.75) is 24.3 Å². The van der Waals surface area contributed by atoms with Crippen LogP contribution in [0.1, 0.15) is 12.0 Å². The fourth-order valence-corrected chi connectivity index (χ4v) is 4.23. The van der Waals surface area contributed by atoms with Gasteiger partial charge in [0.1, 0.15) is 6.04 Å². The maximum absolute atomic E-state index is 12.5. The third-order valence-electron chi connectivity index (χ3n) is 3.95. The van der Waals surface area contributed by atoms with Crippen LogP contribution in [0.25, 0.3) is 0 Å². The molecule has 0 radical (unpaired) electrons. The Labute approximate surface area is 136 Å². The van der Waals surface area contributed by atoms with Crippen LogP contribution in [-0.4, -0.2) is 26.9 Å². The van der Waals surface area contributed by atoms with Crippen molar-refractivity contribution in [3.8, 4) is 0 Å². The minimum absolute atomic E-state index is 0.214. The summed E-state index contributed by atoms with van der Waals surface area (Å²) in [6.07, 6.45) is 0.457. The summed E-state index contributed by atoms with van der Waals surface area (Å²) in [5, 5.41) is 0. The Hall–Kier alpha value is -2.18. The van der Waals surface area contributed by atoms with E-state index in [0.29, 0.717) is 18.5 Å². The molecule has 1 amide bonds. The first-order valence-corrected chi connectivity index (χ1v) is 8.92. The number of rotatable bonds is 4. The topological polar surface area (TPSA) is 66.5 Å². The number of carbonyl (C=O) groups excluding carboxylic acids is 1. The lowest BCUT2D eigenvalue weighted by Crippen LogP contribution is -2.41. The highest BCUT2D eigenvalue weighted by Crippen LogP contribution is 2.23. The van der Waals surface area contributed by atoms with Gasteiger partial charge in [-0.05, 0) is 37.1 Å². The maximum atomic E-state index is 12.5. The Balaban J connectivity index is 1.79. The molecule has 23 heavy (non-hydrogen) atoms. The molecule has 1 heterocycles. The molecule has 0 aliphatic carbocycles. The van der Waals surface area contributed by atoms with Gasteiger partial charge in [-0.3, -0.25) is 4.79 Å². The third-order valence-corrected chi connectivity index (χ3v) is 5.59. The number of carbonyl (C=O) groups is 1. The SMILES string of the molecule is Cc1ccccc1S(=O)(=O)N[C@H]1CCN(c2ccccc2)C1=O. The highest BCUT2D eigenvalue weighted by molar-refractivity contribution is 7.89. The van der Waals surface area contributed by atoms with E-state index in [4.69, 9.17) is 0 Å². The molecule has 120 valence electrons. The van der Waals surface area contributed by atoms with Crippen molar-refractivity contribution in [1.29, 1.82) is 0 Å². The van der Waals surface area contributed by atoms with E-state index in [0.717, 1.165) is 5.69 Å². The van der Waals surface area contributed by atoms with E-state index in [2.05, 4.69) is 4.72 Å². The van der Waals surface area contributed by atoms with E-state index in [1.165, 1.54) is 0 Å². The number of hydrogen-bond acceptors (Lipinski definition) is 3. The second-order valence-electron chi connectivity index (χ2n) is 5.55. The van der Waals surface area contributed by atoms with E-state index in [1.807, 2.05) is 30.3 Å². The standard InChI is InChI=1S/C17H18N2O3S/c1-13-7-5-6-10-16(13)23(21,22)18-15-11-12-19(17(15)20)14-8-3-2-4-9-14/h2-10,15,18H,11-12H2,1H3/t15-/m0/s1. The normalized spacial score (nSPS) is 18.4. The second-order valence-corrected chi connectivity index (χ2v) is 7.24. The molecular formula is C17H18N2O3S. The summed E-state index contributed by atoms with van der Waals surface area (Å²) in [4.78, 5) is 14.3. The smallest absolute Gasteiger partial charge is 0.245 e. The lowest BCUT2D eigenvalue weighted by atomic mass is 10.2. The number of benzene rings is 2. The lowest BCUT2D eigenvalue weighted by molar-refractivity contribution is -0.118. The Bertz CT molecular complexity index is 819. The van der Waals surface area contributed by atoms with Crippen LogP contribution >= 0.6 is 0 Å². The summed E-state index contributed by atoms with van der Waals surface area (Å²) in [6, 6.07) is 15.3. The zero-order chi connectivity index (χ0) is 16.4.